The number of thioether (sulfide) groups is 1. The average Bonchev–Trinajstić information content (AvgIpc) is 2.89. The molecule has 1 saturated heterocycles. The zero-order chi connectivity index (χ0) is 13.0. The average molecular weight is 287 g/mol. The maximum absolute atomic E-state index is 11.9. The van der Waals surface area contributed by atoms with Gasteiger partial charge < -0.3 is 15.3 Å². The van der Waals surface area contributed by atoms with Gasteiger partial charge in [-0.15, -0.1) is 11.3 Å². The van der Waals surface area contributed by atoms with E-state index in [9.17, 15) is 9.59 Å². The van der Waals surface area contributed by atoms with E-state index in [0.29, 0.717) is 18.8 Å². The number of rotatable bonds is 3. The van der Waals surface area contributed by atoms with Gasteiger partial charge in [0, 0.05) is 29.6 Å². The Bertz CT molecular complexity index is 424. The van der Waals surface area contributed by atoms with E-state index in [0.717, 1.165) is 10.8 Å². The van der Waals surface area contributed by atoms with Gasteiger partial charge in [-0.3, -0.25) is 0 Å². The monoisotopic (exact) mass is 287 g/mol. The Morgan fingerprint density at radius 2 is 2.44 bits per heavy atom. The summed E-state index contributed by atoms with van der Waals surface area (Å²) in [4.78, 5) is 28.4. The molecule has 1 fully saturated rings. The number of amides is 2. The number of carbonyl (C=O) groups is 2. The van der Waals surface area contributed by atoms with Gasteiger partial charge in [-0.25, -0.2) is 14.6 Å². The van der Waals surface area contributed by atoms with Crippen molar-refractivity contribution in [2.45, 2.75) is 12.6 Å². The Labute approximate surface area is 112 Å². The van der Waals surface area contributed by atoms with Crippen LogP contribution < -0.4 is 5.32 Å². The molecular weight excluding hydrogens is 274 g/mol. The fraction of sp³-hybridized carbons (Fsp3) is 0.500. The molecule has 0 bridgehead atoms. The first-order chi connectivity index (χ1) is 8.68. The lowest BCUT2D eigenvalue weighted by Gasteiger charge is -2.32. The topological polar surface area (TPSA) is 82.5 Å². The van der Waals surface area contributed by atoms with Crippen LogP contribution in [0.2, 0.25) is 0 Å². The Morgan fingerprint density at radius 1 is 1.61 bits per heavy atom. The van der Waals surface area contributed by atoms with Crippen molar-refractivity contribution in [2.24, 2.45) is 0 Å². The van der Waals surface area contributed by atoms with E-state index in [1.807, 2.05) is 5.38 Å². The zero-order valence-corrected chi connectivity index (χ0v) is 11.2. The standard InChI is InChI=1S/C10H13N3O3S2/c14-9(15)7-6-17-4-2-13(7)10(16)12-5-8-11-1-3-18-8/h1,3,7H,2,4-6H2,(H,12,16)(H,14,15). The number of aliphatic carboxylic acids is 1. The van der Waals surface area contributed by atoms with Gasteiger partial charge in [0.05, 0.1) is 6.54 Å². The number of carbonyl (C=O) groups excluding carboxylic acids is 1. The number of nitrogens with zero attached hydrogens (tertiary/aromatic N) is 2. The van der Waals surface area contributed by atoms with Crippen LogP contribution in [0.1, 0.15) is 5.01 Å². The first-order valence-electron chi connectivity index (χ1n) is 5.42. The molecule has 0 saturated carbocycles. The molecule has 0 aromatic carbocycles. The lowest BCUT2D eigenvalue weighted by atomic mass is 10.3. The number of hydrogen-bond acceptors (Lipinski definition) is 5. The van der Waals surface area contributed by atoms with Crippen LogP contribution in [0.25, 0.3) is 0 Å². The minimum Gasteiger partial charge on any atom is -0.480 e. The molecule has 1 aliphatic rings. The molecule has 1 aromatic heterocycles. The van der Waals surface area contributed by atoms with E-state index in [1.54, 1.807) is 18.0 Å². The third-order valence-corrected chi connectivity index (χ3v) is 4.35. The van der Waals surface area contributed by atoms with Crippen LogP contribution in [0.4, 0.5) is 4.79 Å². The molecule has 1 atom stereocenters. The Morgan fingerprint density at radius 3 is 3.11 bits per heavy atom. The summed E-state index contributed by atoms with van der Waals surface area (Å²) in [5.74, 6) is 0.265. The van der Waals surface area contributed by atoms with Crippen LogP contribution in [-0.4, -0.2) is 51.1 Å². The van der Waals surface area contributed by atoms with Crippen molar-refractivity contribution >= 4 is 35.1 Å². The van der Waals surface area contributed by atoms with Crippen LogP contribution in [0.3, 0.4) is 0 Å². The fourth-order valence-electron chi connectivity index (χ4n) is 1.64. The number of hydrogen-bond donors (Lipinski definition) is 2. The molecule has 98 valence electrons. The summed E-state index contributed by atoms with van der Waals surface area (Å²) in [7, 11) is 0. The Hall–Kier alpha value is -1.28. The minimum absolute atomic E-state index is 0.335. The number of carboxylic acid groups (broad SMARTS) is 1. The highest BCUT2D eigenvalue weighted by molar-refractivity contribution is 7.99. The van der Waals surface area contributed by atoms with E-state index in [4.69, 9.17) is 5.11 Å². The van der Waals surface area contributed by atoms with Crippen molar-refractivity contribution in [2.75, 3.05) is 18.1 Å². The van der Waals surface area contributed by atoms with Crippen molar-refractivity contribution in [3.8, 4) is 0 Å². The second-order valence-electron chi connectivity index (χ2n) is 3.71. The molecule has 6 nitrogen and oxygen atoms in total. The van der Waals surface area contributed by atoms with E-state index in [-0.39, 0.29) is 6.03 Å². The van der Waals surface area contributed by atoms with Crippen LogP contribution in [-0.2, 0) is 11.3 Å². The van der Waals surface area contributed by atoms with Gasteiger partial charge >= 0.3 is 12.0 Å². The summed E-state index contributed by atoms with van der Waals surface area (Å²) in [5, 5.41) is 14.4. The highest BCUT2D eigenvalue weighted by Crippen LogP contribution is 2.17. The van der Waals surface area contributed by atoms with E-state index >= 15 is 0 Å². The quantitative estimate of drug-likeness (QED) is 0.861. The summed E-state index contributed by atoms with van der Waals surface area (Å²) in [6.45, 7) is 0.803. The number of urea groups is 1. The highest BCUT2D eigenvalue weighted by Gasteiger charge is 2.32. The molecular formula is C10H13N3O3S2. The molecule has 0 radical (unpaired) electrons. The molecule has 1 unspecified atom stereocenters. The molecule has 2 N–H and O–H groups in total. The van der Waals surface area contributed by atoms with E-state index in [2.05, 4.69) is 10.3 Å². The molecule has 0 aliphatic carbocycles. The molecule has 18 heavy (non-hydrogen) atoms. The summed E-state index contributed by atoms with van der Waals surface area (Å²) in [5.41, 5.74) is 0. The summed E-state index contributed by atoms with van der Waals surface area (Å²) < 4.78 is 0. The van der Waals surface area contributed by atoms with Crippen LogP contribution in [0.5, 0.6) is 0 Å². The Balaban J connectivity index is 1.92. The summed E-state index contributed by atoms with van der Waals surface area (Å²) in [6.07, 6.45) is 1.67. The summed E-state index contributed by atoms with van der Waals surface area (Å²) >= 11 is 3.01. The molecule has 2 heterocycles. The van der Waals surface area contributed by atoms with Gasteiger partial charge in [0.2, 0.25) is 0 Å². The van der Waals surface area contributed by atoms with E-state index < -0.39 is 12.0 Å². The van der Waals surface area contributed by atoms with Crippen LogP contribution >= 0.6 is 23.1 Å². The second kappa shape index (κ2) is 6.05. The normalized spacial score (nSPS) is 19.6. The molecule has 2 amide bonds. The highest BCUT2D eigenvalue weighted by atomic mass is 32.2. The SMILES string of the molecule is O=C(O)C1CSCCN1C(=O)NCc1nccs1. The van der Waals surface area contributed by atoms with Crippen molar-refractivity contribution in [1.82, 2.24) is 15.2 Å². The number of thiazole rings is 1. The number of carboxylic acids is 1. The molecule has 1 aromatic rings. The first-order valence-corrected chi connectivity index (χ1v) is 7.45. The lowest BCUT2D eigenvalue weighted by molar-refractivity contribution is -0.141. The van der Waals surface area contributed by atoms with Crippen LogP contribution in [0, 0.1) is 0 Å². The maximum Gasteiger partial charge on any atom is 0.327 e. The fourth-order valence-corrected chi connectivity index (χ4v) is 3.24. The van der Waals surface area contributed by atoms with E-state index in [1.165, 1.54) is 16.2 Å². The third kappa shape index (κ3) is 3.14. The van der Waals surface area contributed by atoms with Crippen LogP contribution in [0.15, 0.2) is 11.6 Å². The number of aromatic nitrogens is 1. The zero-order valence-electron chi connectivity index (χ0n) is 9.54. The van der Waals surface area contributed by atoms with Gasteiger partial charge in [-0.1, -0.05) is 0 Å². The van der Waals surface area contributed by atoms with Gasteiger partial charge in [0.1, 0.15) is 11.0 Å². The predicted octanol–water partition coefficient (Wildman–Crippen LogP) is 0.855. The van der Waals surface area contributed by atoms with Crippen molar-refractivity contribution < 1.29 is 14.7 Å². The minimum atomic E-state index is -0.952. The summed E-state index contributed by atoms with van der Waals surface area (Å²) in [6, 6.07) is -1.07. The molecule has 0 spiro atoms. The van der Waals surface area contributed by atoms with Gasteiger partial charge in [0.15, 0.2) is 0 Å². The predicted molar refractivity (Wildman–Crippen MR) is 69.8 cm³/mol. The van der Waals surface area contributed by atoms with Gasteiger partial charge in [0.25, 0.3) is 0 Å². The van der Waals surface area contributed by atoms with Crippen molar-refractivity contribution in [1.29, 1.82) is 0 Å². The largest absolute Gasteiger partial charge is 0.480 e. The first kappa shape index (κ1) is 13.2. The molecule has 2 rings (SSSR count). The maximum atomic E-state index is 11.9. The van der Waals surface area contributed by atoms with Crippen molar-refractivity contribution in [3.05, 3.63) is 16.6 Å². The number of nitrogens with one attached hydrogen (secondary N) is 1. The van der Waals surface area contributed by atoms with Gasteiger partial charge in [-0.05, 0) is 0 Å². The smallest absolute Gasteiger partial charge is 0.327 e. The van der Waals surface area contributed by atoms with Gasteiger partial charge in [-0.2, -0.15) is 11.8 Å². The third-order valence-electron chi connectivity index (χ3n) is 2.55. The molecule has 1 aliphatic heterocycles. The lowest BCUT2D eigenvalue weighted by Crippen LogP contribution is -2.53. The van der Waals surface area contributed by atoms with Crippen molar-refractivity contribution in [3.63, 3.8) is 0 Å². The second-order valence-corrected chi connectivity index (χ2v) is 5.84. The molecule has 8 heteroatoms. The Kier molecular flexibility index (Phi) is 4.43.